The molecule has 0 saturated heterocycles. The average Bonchev–Trinajstić information content (AvgIpc) is 2.02. The van der Waals surface area contributed by atoms with Crippen molar-refractivity contribution in [1.82, 2.24) is 0 Å². The molecule has 14 heavy (non-hydrogen) atoms. The first-order chi connectivity index (χ1) is 6.39. The first kappa shape index (κ1) is 12.3. The molecule has 0 atom stereocenters. The summed E-state index contributed by atoms with van der Waals surface area (Å²) in [4.78, 5) is 0. The molecule has 0 heterocycles. The fourth-order valence-electron chi connectivity index (χ4n) is 2.93. The van der Waals surface area contributed by atoms with E-state index in [1.807, 2.05) is 0 Å². The van der Waals surface area contributed by atoms with Crippen LogP contribution in [-0.4, -0.2) is 8.07 Å². The van der Waals surface area contributed by atoms with Crippen LogP contribution in [0.15, 0.2) is 0 Å². The van der Waals surface area contributed by atoms with Crippen LogP contribution in [0.5, 0.6) is 0 Å². The summed E-state index contributed by atoms with van der Waals surface area (Å²) >= 11 is 0. The largest absolute Gasteiger partial charge is 0.0693 e. The van der Waals surface area contributed by atoms with Gasteiger partial charge in [0.15, 0.2) is 0 Å². The molecule has 1 rings (SSSR count). The molecule has 0 radical (unpaired) electrons. The lowest BCUT2D eigenvalue weighted by Gasteiger charge is -2.36. The summed E-state index contributed by atoms with van der Waals surface area (Å²) in [5, 5.41) is 0. The quantitative estimate of drug-likeness (QED) is 0.582. The predicted octanol–water partition coefficient (Wildman–Crippen LogP) is 4.93. The van der Waals surface area contributed by atoms with Gasteiger partial charge in [-0.25, -0.2) is 0 Å². The zero-order valence-corrected chi connectivity index (χ0v) is 11.8. The van der Waals surface area contributed by atoms with E-state index in [0.717, 1.165) is 17.4 Å². The third-order valence-electron chi connectivity index (χ3n) is 3.88. The highest BCUT2D eigenvalue weighted by atomic mass is 28.3. The van der Waals surface area contributed by atoms with Gasteiger partial charge in [-0.15, -0.1) is 0 Å². The maximum atomic E-state index is 2.54. The molecule has 1 saturated carbocycles. The molecule has 0 aromatic rings. The number of hydrogen-bond acceptors (Lipinski definition) is 0. The van der Waals surface area contributed by atoms with E-state index < -0.39 is 8.07 Å². The van der Waals surface area contributed by atoms with Crippen LogP contribution in [-0.2, 0) is 0 Å². The third kappa shape index (κ3) is 3.76. The molecule has 1 heteroatoms. The monoisotopic (exact) mass is 212 g/mol. The highest BCUT2D eigenvalue weighted by molar-refractivity contribution is 6.77. The zero-order valence-electron chi connectivity index (χ0n) is 10.8. The standard InChI is InChI=1S/C13H28Si/c1-11(2)10-12-6-8-13(9-7-12)14(3,4)5/h11-13H,6-10H2,1-5H3. The predicted molar refractivity (Wildman–Crippen MR) is 68.5 cm³/mol. The minimum absolute atomic E-state index is 0.826. The van der Waals surface area contributed by atoms with Crippen molar-refractivity contribution in [2.75, 3.05) is 0 Å². The van der Waals surface area contributed by atoms with Crippen molar-refractivity contribution in [3.8, 4) is 0 Å². The van der Waals surface area contributed by atoms with Crippen LogP contribution in [0.2, 0.25) is 25.2 Å². The van der Waals surface area contributed by atoms with Gasteiger partial charge in [0.05, 0.1) is 0 Å². The average molecular weight is 212 g/mol. The Hall–Kier alpha value is 0.217. The van der Waals surface area contributed by atoms with Gasteiger partial charge in [0.2, 0.25) is 0 Å². The SMILES string of the molecule is CC(C)CC1CCC([Si](C)(C)C)CC1. The molecule has 0 amide bonds. The normalized spacial score (nSPS) is 29.6. The van der Waals surface area contributed by atoms with Crippen molar-refractivity contribution in [2.24, 2.45) is 11.8 Å². The van der Waals surface area contributed by atoms with Crippen LogP contribution in [0.3, 0.4) is 0 Å². The molecule has 84 valence electrons. The van der Waals surface area contributed by atoms with E-state index >= 15 is 0 Å². The summed E-state index contributed by atoms with van der Waals surface area (Å²) in [6, 6.07) is 0. The second kappa shape index (κ2) is 4.83. The van der Waals surface area contributed by atoms with Gasteiger partial charge < -0.3 is 0 Å². The molecule has 1 fully saturated rings. The molecule has 0 aromatic heterocycles. The van der Waals surface area contributed by atoms with Crippen molar-refractivity contribution in [1.29, 1.82) is 0 Å². The molecule has 0 N–H and O–H groups in total. The van der Waals surface area contributed by atoms with Gasteiger partial charge in [-0.3, -0.25) is 0 Å². The summed E-state index contributed by atoms with van der Waals surface area (Å²) in [6.45, 7) is 12.4. The fourth-order valence-corrected chi connectivity index (χ4v) is 5.00. The molecular weight excluding hydrogens is 184 g/mol. The minimum Gasteiger partial charge on any atom is -0.0693 e. The van der Waals surface area contributed by atoms with Crippen molar-refractivity contribution in [3.63, 3.8) is 0 Å². The second-order valence-electron chi connectivity index (χ2n) is 6.71. The first-order valence-electron chi connectivity index (χ1n) is 6.39. The van der Waals surface area contributed by atoms with Crippen molar-refractivity contribution in [3.05, 3.63) is 0 Å². The third-order valence-corrected chi connectivity index (χ3v) is 6.90. The summed E-state index contributed by atoms with van der Waals surface area (Å²) < 4.78 is 0. The molecule has 0 aromatic carbocycles. The van der Waals surface area contributed by atoms with Crippen LogP contribution < -0.4 is 0 Å². The van der Waals surface area contributed by atoms with E-state index in [0.29, 0.717) is 0 Å². The molecular formula is C13H28Si. The van der Waals surface area contributed by atoms with Crippen LogP contribution in [0.4, 0.5) is 0 Å². The summed E-state index contributed by atoms with van der Waals surface area (Å²) in [7, 11) is -0.826. The summed E-state index contributed by atoms with van der Waals surface area (Å²) in [5.74, 6) is 1.96. The van der Waals surface area contributed by atoms with E-state index in [1.54, 1.807) is 0 Å². The molecule has 1 aliphatic carbocycles. The Labute approximate surface area is 91.5 Å². The van der Waals surface area contributed by atoms with Gasteiger partial charge in [0.1, 0.15) is 0 Å². The van der Waals surface area contributed by atoms with Gasteiger partial charge >= 0.3 is 0 Å². The zero-order chi connectivity index (χ0) is 10.8. The minimum atomic E-state index is -0.826. The van der Waals surface area contributed by atoms with Crippen LogP contribution in [0, 0.1) is 11.8 Å². The van der Waals surface area contributed by atoms with E-state index in [4.69, 9.17) is 0 Å². The molecule has 0 bridgehead atoms. The van der Waals surface area contributed by atoms with Gasteiger partial charge in [-0.1, -0.05) is 59.2 Å². The topological polar surface area (TPSA) is 0 Å². The Morgan fingerprint density at radius 2 is 1.50 bits per heavy atom. The summed E-state index contributed by atoms with van der Waals surface area (Å²) in [6.07, 6.45) is 7.58. The number of rotatable bonds is 3. The smallest absolute Gasteiger partial charge is 0.0473 e. The first-order valence-corrected chi connectivity index (χ1v) is 9.97. The Morgan fingerprint density at radius 1 is 1.00 bits per heavy atom. The second-order valence-corrected chi connectivity index (χ2v) is 12.3. The Morgan fingerprint density at radius 3 is 1.86 bits per heavy atom. The lowest BCUT2D eigenvalue weighted by atomic mass is 9.83. The maximum absolute atomic E-state index is 2.54. The van der Waals surface area contributed by atoms with Gasteiger partial charge in [-0.2, -0.15) is 0 Å². The van der Waals surface area contributed by atoms with E-state index in [-0.39, 0.29) is 0 Å². The fraction of sp³-hybridized carbons (Fsp3) is 1.00. The van der Waals surface area contributed by atoms with Gasteiger partial charge in [0.25, 0.3) is 0 Å². The van der Waals surface area contributed by atoms with Crippen molar-refractivity contribution >= 4 is 8.07 Å². The highest BCUT2D eigenvalue weighted by Gasteiger charge is 2.30. The van der Waals surface area contributed by atoms with E-state index in [9.17, 15) is 0 Å². The van der Waals surface area contributed by atoms with Crippen LogP contribution in [0.25, 0.3) is 0 Å². The van der Waals surface area contributed by atoms with Gasteiger partial charge in [-0.05, 0) is 23.8 Å². The van der Waals surface area contributed by atoms with Crippen molar-refractivity contribution in [2.45, 2.75) is 71.1 Å². The van der Waals surface area contributed by atoms with Crippen molar-refractivity contribution < 1.29 is 0 Å². The number of hydrogen-bond donors (Lipinski definition) is 0. The molecule has 0 unspecified atom stereocenters. The Kier molecular flexibility index (Phi) is 4.24. The Balaban J connectivity index is 2.31. The lowest BCUT2D eigenvalue weighted by molar-refractivity contribution is 0.302. The van der Waals surface area contributed by atoms with Crippen LogP contribution >= 0.6 is 0 Å². The highest BCUT2D eigenvalue weighted by Crippen LogP contribution is 2.40. The molecule has 1 aliphatic rings. The summed E-state index contributed by atoms with van der Waals surface area (Å²) in [5.41, 5.74) is 1.12. The molecule has 0 nitrogen and oxygen atoms in total. The molecule has 0 spiro atoms. The maximum Gasteiger partial charge on any atom is 0.0473 e. The van der Waals surface area contributed by atoms with Crippen LogP contribution in [0.1, 0.15) is 46.0 Å². The van der Waals surface area contributed by atoms with E-state index in [1.165, 1.54) is 32.1 Å². The van der Waals surface area contributed by atoms with E-state index in [2.05, 4.69) is 33.5 Å². The Bertz CT molecular complexity index is 159. The lowest BCUT2D eigenvalue weighted by Crippen LogP contribution is -2.31. The molecule has 0 aliphatic heterocycles. The van der Waals surface area contributed by atoms with Gasteiger partial charge in [0, 0.05) is 8.07 Å².